The smallest absolute Gasteiger partial charge is 0.303 e. The Morgan fingerprint density at radius 2 is 1.62 bits per heavy atom. The highest BCUT2D eigenvalue weighted by Crippen LogP contribution is 2.29. The van der Waals surface area contributed by atoms with Crippen molar-refractivity contribution in [1.82, 2.24) is 4.90 Å². The second-order valence-electron chi connectivity index (χ2n) is 5.88. The number of esters is 3. The van der Waals surface area contributed by atoms with Gasteiger partial charge in [-0.2, -0.15) is 0 Å². The monoisotopic (exact) mass is 407 g/mol. The molecule has 0 saturated carbocycles. The average Bonchev–Trinajstić information content (AvgIpc) is 2.46. The first-order valence-corrected chi connectivity index (χ1v) is 9.03. The maximum atomic E-state index is 11.6. The lowest BCUT2D eigenvalue weighted by Gasteiger charge is -2.46. The van der Waals surface area contributed by atoms with E-state index < -0.39 is 30.1 Å². The summed E-state index contributed by atoms with van der Waals surface area (Å²) < 4.78 is 16.0. The third kappa shape index (κ3) is 6.39. The fourth-order valence-corrected chi connectivity index (χ4v) is 3.57. The first-order chi connectivity index (χ1) is 11.3. The number of hydrogen-bond donors (Lipinski definition) is 0. The number of hydrogen-bond acceptors (Lipinski definition) is 7. The predicted octanol–water partition coefficient (Wildman–Crippen LogP) is 1.66. The third-order valence-electron chi connectivity index (χ3n) is 3.80. The van der Waals surface area contributed by atoms with Gasteiger partial charge in [0.05, 0.1) is 10.9 Å². The third-order valence-corrected chi connectivity index (χ3v) is 4.61. The number of rotatable bonds is 7. The summed E-state index contributed by atoms with van der Waals surface area (Å²) >= 11 is 3.54. The van der Waals surface area contributed by atoms with E-state index in [0.29, 0.717) is 6.54 Å². The minimum Gasteiger partial charge on any atom is -0.464 e. The molecule has 1 fully saturated rings. The molecule has 1 aliphatic rings. The van der Waals surface area contributed by atoms with Crippen molar-refractivity contribution < 1.29 is 28.6 Å². The van der Waals surface area contributed by atoms with Crippen molar-refractivity contribution in [2.75, 3.05) is 19.7 Å². The number of ether oxygens (including phenoxy) is 3. The highest BCUT2D eigenvalue weighted by Gasteiger charge is 2.47. The van der Waals surface area contributed by atoms with Gasteiger partial charge in [-0.1, -0.05) is 29.3 Å². The Kier molecular flexibility index (Phi) is 8.69. The van der Waals surface area contributed by atoms with Gasteiger partial charge < -0.3 is 14.2 Å². The van der Waals surface area contributed by atoms with Gasteiger partial charge in [0.1, 0.15) is 6.61 Å². The molecule has 1 aliphatic heterocycles. The minimum atomic E-state index is -0.708. The van der Waals surface area contributed by atoms with Crippen molar-refractivity contribution in [3.63, 3.8) is 0 Å². The molecule has 4 atom stereocenters. The number of likely N-dealkylation sites (tertiary alicyclic amines) is 1. The maximum absolute atomic E-state index is 11.6. The van der Waals surface area contributed by atoms with Crippen LogP contribution in [0.2, 0.25) is 0 Å². The molecule has 0 radical (unpaired) electrons. The molecule has 0 unspecified atom stereocenters. The van der Waals surface area contributed by atoms with Crippen LogP contribution in [0.4, 0.5) is 0 Å². The van der Waals surface area contributed by atoms with E-state index in [2.05, 4.69) is 27.8 Å². The van der Waals surface area contributed by atoms with Gasteiger partial charge in [-0.25, -0.2) is 0 Å². The standard InChI is InChI=1S/C16H26BrNO6/c1-5-6-7-18-8-13(17)15(23-11(3)20)16(24-12(4)21)14(18)9-22-10(2)19/h13-16H,5-9H2,1-4H3/t13-,14+,15+,16+/m0/s1. The molecular formula is C16H26BrNO6. The number of carbonyl (C=O) groups is 3. The second-order valence-corrected chi connectivity index (χ2v) is 7.06. The van der Waals surface area contributed by atoms with Gasteiger partial charge in [0, 0.05) is 27.3 Å². The first-order valence-electron chi connectivity index (χ1n) is 8.12. The fourth-order valence-electron chi connectivity index (χ4n) is 2.79. The second kappa shape index (κ2) is 9.98. The van der Waals surface area contributed by atoms with E-state index in [0.717, 1.165) is 19.4 Å². The van der Waals surface area contributed by atoms with E-state index in [1.165, 1.54) is 20.8 Å². The van der Waals surface area contributed by atoms with Crippen LogP contribution in [-0.2, 0) is 28.6 Å². The van der Waals surface area contributed by atoms with Crippen LogP contribution < -0.4 is 0 Å². The SMILES string of the molecule is CCCCN1C[C@H](Br)[C@@H](OC(C)=O)[C@H](OC(C)=O)[C@H]1COC(C)=O. The van der Waals surface area contributed by atoms with Crippen molar-refractivity contribution in [2.45, 2.75) is 63.6 Å². The largest absolute Gasteiger partial charge is 0.464 e. The molecule has 0 aromatic carbocycles. The van der Waals surface area contributed by atoms with Crippen LogP contribution in [0.1, 0.15) is 40.5 Å². The predicted molar refractivity (Wildman–Crippen MR) is 90.7 cm³/mol. The van der Waals surface area contributed by atoms with Crippen LogP contribution in [0.3, 0.4) is 0 Å². The molecule has 0 aromatic rings. The van der Waals surface area contributed by atoms with Gasteiger partial charge in [0.25, 0.3) is 0 Å². The lowest BCUT2D eigenvalue weighted by Crippen LogP contribution is -2.63. The molecule has 0 spiro atoms. The van der Waals surface area contributed by atoms with Gasteiger partial charge in [-0.05, 0) is 13.0 Å². The molecule has 8 heteroatoms. The van der Waals surface area contributed by atoms with E-state index in [1.807, 2.05) is 0 Å². The molecule has 7 nitrogen and oxygen atoms in total. The van der Waals surface area contributed by atoms with E-state index in [9.17, 15) is 14.4 Å². The Balaban J connectivity index is 3.05. The Labute approximate surface area is 151 Å². The van der Waals surface area contributed by atoms with E-state index in [1.54, 1.807) is 0 Å². The van der Waals surface area contributed by atoms with Crippen LogP contribution in [0.15, 0.2) is 0 Å². The van der Waals surface area contributed by atoms with Gasteiger partial charge in [0.15, 0.2) is 12.2 Å². The summed E-state index contributed by atoms with van der Waals surface area (Å²) in [5, 5.41) is 0. The molecule has 138 valence electrons. The highest BCUT2D eigenvalue weighted by atomic mass is 79.9. The molecule has 1 heterocycles. The maximum Gasteiger partial charge on any atom is 0.303 e. The summed E-state index contributed by atoms with van der Waals surface area (Å²) in [5.74, 6) is -1.33. The summed E-state index contributed by atoms with van der Waals surface area (Å²) in [6.45, 7) is 7.49. The summed E-state index contributed by atoms with van der Waals surface area (Å²) in [6.07, 6.45) is 0.627. The molecule has 0 aliphatic carbocycles. The molecule has 0 bridgehead atoms. The van der Waals surface area contributed by atoms with E-state index in [4.69, 9.17) is 14.2 Å². The molecule has 24 heavy (non-hydrogen) atoms. The average molecular weight is 408 g/mol. The van der Waals surface area contributed by atoms with E-state index in [-0.39, 0.29) is 17.5 Å². The number of halogens is 1. The number of piperidine rings is 1. The van der Waals surface area contributed by atoms with Crippen LogP contribution in [0, 0.1) is 0 Å². The number of unbranched alkanes of at least 4 members (excludes halogenated alkanes) is 1. The van der Waals surface area contributed by atoms with Gasteiger partial charge in [0.2, 0.25) is 0 Å². The van der Waals surface area contributed by atoms with Gasteiger partial charge in [-0.15, -0.1) is 0 Å². The summed E-state index contributed by atoms with van der Waals surface area (Å²) in [4.78, 5) is 36.1. The van der Waals surface area contributed by atoms with Crippen molar-refractivity contribution in [2.24, 2.45) is 0 Å². The highest BCUT2D eigenvalue weighted by molar-refractivity contribution is 9.09. The summed E-state index contributed by atoms with van der Waals surface area (Å²) in [7, 11) is 0. The number of alkyl halides is 1. The topological polar surface area (TPSA) is 82.1 Å². The molecule has 1 saturated heterocycles. The van der Waals surface area contributed by atoms with E-state index >= 15 is 0 Å². The lowest BCUT2D eigenvalue weighted by atomic mass is 9.95. The fraction of sp³-hybridized carbons (Fsp3) is 0.812. The molecule has 0 N–H and O–H groups in total. The number of carbonyl (C=O) groups excluding carboxylic acids is 3. The van der Waals surface area contributed by atoms with Crippen molar-refractivity contribution in [3.05, 3.63) is 0 Å². The van der Waals surface area contributed by atoms with Gasteiger partial charge in [-0.3, -0.25) is 19.3 Å². The molecule has 0 aromatic heterocycles. The van der Waals surface area contributed by atoms with Crippen LogP contribution in [0.25, 0.3) is 0 Å². The summed E-state index contributed by atoms with van der Waals surface area (Å²) in [6, 6.07) is -0.359. The van der Waals surface area contributed by atoms with Crippen LogP contribution in [-0.4, -0.2) is 65.6 Å². The lowest BCUT2D eigenvalue weighted by molar-refractivity contribution is -0.181. The zero-order valence-electron chi connectivity index (χ0n) is 14.6. The minimum absolute atomic E-state index is 0.0779. The Hall–Kier alpha value is -1.15. The quantitative estimate of drug-likeness (QED) is 0.360. The zero-order chi connectivity index (χ0) is 18.3. The van der Waals surface area contributed by atoms with Gasteiger partial charge >= 0.3 is 17.9 Å². The van der Waals surface area contributed by atoms with Crippen molar-refractivity contribution in [3.8, 4) is 0 Å². The zero-order valence-corrected chi connectivity index (χ0v) is 16.2. The Bertz CT molecular complexity index is 458. The van der Waals surface area contributed by atoms with Crippen LogP contribution >= 0.6 is 15.9 Å². The normalized spacial score (nSPS) is 27.4. The molecule has 0 amide bonds. The van der Waals surface area contributed by atoms with Crippen molar-refractivity contribution in [1.29, 1.82) is 0 Å². The Morgan fingerprint density at radius 1 is 1.04 bits per heavy atom. The van der Waals surface area contributed by atoms with Crippen molar-refractivity contribution >= 4 is 33.8 Å². The Morgan fingerprint density at radius 3 is 2.12 bits per heavy atom. The summed E-state index contributed by atoms with van der Waals surface area (Å²) in [5.41, 5.74) is 0. The molecule has 1 rings (SSSR count). The number of nitrogens with zero attached hydrogens (tertiary/aromatic N) is 1. The van der Waals surface area contributed by atoms with Crippen LogP contribution in [0.5, 0.6) is 0 Å². The first kappa shape index (κ1) is 20.9. The molecular weight excluding hydrogens is 382 g/mol.